The highest BCUT2D eigenvalue weighted by Crippen LogP contribution is 2.28. The number of ether oxygens (including phenoxy) is 1. The topological polar surface area (TPSA) is 93.7 Å². The zero-order chi connectivity index (χ0) is 15.1. The number of hydrogen-bond acceptors (Lipinski definition) is 5. The van der Waals surface area contributed by atoms with Crippen LogP contribution in [0.3, 0.4) is 0 Å². The van der Waals surface area contributed by atoms with Crippen LogP contribution in [0.2, 0.25) is 0 Å². The lowest BCUT2D eigenvalue weighted by molar-refractivity contribution is -0.0906. The van der Waals surface area contributed by atoms with Crippen LogP contribution in [0.5, 0.6) is 5.75 Å². The molecule has 0 aromatic heterocycles. The Morgan fingerprint density at radius 2 is 1.74 bits per heavy atom. The van der Waals surface area contributed by atoms with E-state index in [1.165, 1.54) is 0 Å². The van der Waals surface area contributed by atoms with E-state index in [-0.39, 0.29) is 0 Å². The summed E-state index contributed by atoms with van der Waals surface area (Å²) < 4.78 is 5.71. The highest BCUT2D eigenvalue weighted by atomic mass is 16.5. The number of rotatable bonds is 3. The minimum Gasteiger partial charge on any atom is -0.485 e. The van der Waals surface area contributed by atoms with Gasteiger partial charge in [-0.25, -0.2) is 0 Å². The molecule has 0 saturated heterocycles. The van der Waals surface area contributed by atoms with Crippen LogP contribution in [-0.4, -0.2) is 34.0 Å². The number of nitriles is 1. The molecule has 0 amide bonds. The first-order valence-electron chi connectivity index (χ1n) is 5.81. The van der Waals surface area contributed by atoms with Gasteiger partial charge in [0.05, 0.1) is 17.2 Å². The van der Waals surface area contributed by atoms with E-state index in [1.807, 2.05) is 19.9 Å². The molecule has 6 heteroatoms. The van der Waals surface area contributed by atoms with Crippen LogP contribution >= 0.6 is 0 Å². The second-order valence-corrected chi connectivity index (χ2v) is 4.95. The van der Waals surface area contributed by atoms with Crippen LogP contribution < -0.4 is 4.74 Å². The fourth-order valence-corrected chi connectivity index (χ4v) is 1.05. The molecule has 0 aliphatic rings. The minimum atomic E-state index is -0.963. The van der Waals surface area contributed by atoms with Crippen LogP contribution in [0.15, 0.2) is 24.3 Å². The first-order valence-corrected chi connectivity index (χ1v) is 5.81. The smallest absolute Gasteiger partial charge is 0.432 e. The van der Waals surface area contributed by atoms with Crippen molar-refractivity contribution in [3.63, 3.8) is 0 Å². The Labute approximate surface area is 114 Å². The molecular weight excluding hydrogens is 245 g/mol. The third-order valence-electron chi connectivity index (χ3n) is 2.81. The molecular formula is C13H20BNO4. The van der Waals surface area contributed by atoms with E-state index >= 15 is 0 Å². The summed E-state index contributed by atoms with van der Waals surface area (Å²) in [5.41, 5.74) is -1.14. The largest absolute Gasteiger partial charge is 0.485 e. The number of hydrogen-bond donors (Lipinski definition) is 3. The van der Waals surface area contributed by atoms with Crippen LogP contribution in [-0.2, 0) is 0 Å². The summed E-state index contributed by atoms with van der Waals surface area (Å²) in [6.07, 6.45) is 0. The molecule has 0 fully saturated rings. The van der Waals surface area contributed by atoms with Crippen molar-refractivity contribution in [2.24, 2.45) is 0 Å². The molecule has 0 atom stereocenters. The molecule has 0 heterocycles. The van der Waals surface area contributed by atoms with Gasteiger partial charge in [-0.15, -0.1) is 0 Å². The van der Waals surface area contributed by atoms with Crippen molar-refractivity contribution in [1.82, 2.24) is 0 Å². The van der Waals surface area contributed by atoms with E-state index < -0.39 is 18.9 Å². The molecule has 0 unspecified atom stereocenters. The highest BCUT2D eigenvalue weighted by Gasteiger charge is 2.37. The van der Waals surface area contributed by atoms with E-state index in [1.54, 1.807) is 38.1 Å². The monoisotopic (exact) mass is 265 g/mol. The van der Waals surface area contributed by atoms with Crippen LogP contribution in [0.25, 0.3) is 0 Å². The van der Waals surface area contributed by atoms with Crippen molar-refractivity contribution in [2.45, 2.75) is 38.9 Å². The molecule has 0 radical (unpaired) electrons. The van der Waals surface area contributed by atoms with Gasteiger partial charge in [-0.05, 0) is 45.9 Å². The molecule has 3 N–H and O–H groups in total. The van der Waals surface area contributed by atoms with Gasteiger partial charge in [0.1, 0.15) is 11.4 Å². The van der Waals surface area contributed by atoms with Gasteiger partial charge in [0.15, 0.2) is 0 Å². The standard InChI is InChI=1S/C13H17NO2.BH3O2/c1-12(2,15)13(3,4)16-11-7-5-6-10(8-11)9-14;2-1-3/h5-8,15H,1-4H3;1-3H. The Morgan fingerprint density at radius 1 is 1.21 bits per heavy atom. The number of aliphatic hydroxyl groups is 1. The van der Waals surface area contributed by atoms with Crippen molar-refractivity contribution < 1.29 is 19.9 Å². The molecule has 1 rings (SSSR count). The highest BCUT2D eigenvalue weighted by molar-refractivity contribution is 6.13. The van der Waals surface area contributed by atoms with Gasteiger partial charge in [0.25, 0.3) is 0 Å². The minimum absolute atomic E-state index is 0.545. The Hall–Kier alpha value is -1.55. The summed E-state index contributed by atoms with van der Waals surface area (Å²) in [6.45, 7) is 7.01. The zero-order valence-corrected chi connectivity index (χ0v) is 11.7. The number of benzene rings is 1. The van der Waals surface area contributed by atoms with Crippen LogP contribution in [0.1, 0.15) is 33.3 Å². The molecule has 1 aromatic carbocycles. The fraction of sp³-hybridized carbons (Fsp3) is 0.462. The molecule has 0 aliphatic carbocycles. The van der Waals surface area contributed by atoms with Crippen molar-refractivity contribution in [1.29, 1.82) is 5.26 Å². The van der Waals surface area contributed by atoms with Crippen LogP contribution in [0, 0.1) is 11.3 Å². The van der Waals surface area contributed by atoms with Gasteiger partial charge in [0, 0.05) is 0 Å². The Balaban J connectivity index is 0.000000982. The maximum absolute atomic E-state index is 9.94. The Morgan fingerprint density at radius 3 is 2.16 bits per heavy atom. The predicted molar refractivity (Wildman–Crippen MR) is 73.7 cm³/mol. The summed E-state index contributed by atoms with van der Waals surface area (Å²) in [7, 11) is -0.750. The third kappa shape index (κ3) is 5.75. The molecule has 19 heavy (non-hydrogen) atoms. The molecule has 1 aromatic rings. The molecule has 0 saturated carbocycles. The fourth-order valence-electron chi connectivity index (χ4n) is 1.05. The van der Waals surface area contributed by atoms with Gasteiger partial charge in [0.2, 0.25) is 0 Å². The van der Waals surface area contributed by atoms with Gasteiger partial charge >= 0.3 is 7.69 Å². The lowest BCUT2D eigenvalue weighted by Gasteiger charge is -2.37. The normalized spacial score (nSPS) is 10.8. The van der Waals surface area contributed by atoms with Gasteiger partial charge in [-0.3, -0.25) is 0 Å². The second kappa shape index (κ2) is 7.14. The summed E-state index contributed by atoms with van der Waals surface area (Å²) in [4.78, 5) is 0. The summed E-state index contributed by atoms with van der Waals surface area (Å²) in [5, 5.41) is 33.0. The average molecular weight is 265 g/mol. The lowest BCUT2D eigenvalue weighted by atomic mass is 9.89. The maximum atomic E-state index is 9.94. The lowest BCUT2D eigenvalue weighted by Crippen LogP contribution is -2.49. The van der Waals surface area contributed by atoms with E-state index in [9.17, 15) is 5.11 Å². The van der Waals surface area contributed by atoms with Gasteiger partial charge < -0.3 is 19.9 Å². The first kappa shape index (κ1) is 17.5. The number of nitrogens with zero attached hydrogens (tertiary/aromatic N) is 1. The SMILES string of the molecule is CC(C)(O)C(C)(C)Oc1cccc(C#N)c1.OBO. The van der Waals surface area contributed by atoms with Crippen molar-refractivity contribution in [3.05, 3.63) is 29.8 Å². The van der Waals surface area contributed by atoms with Crippen molar-refractivity contribution in [2.75, 3.05) is 0 Å². The summed E-state index contributed by atoms with van der Waals surface area (Å²) in [6, 6.07) is 8.95. The first-order chi connectivity index (χ1) is 8.67. The van der Waals surface area contributed by atoms with Crippen molar-refractivity contribution in [3.8, 4) is 11.8 Å². The Kier molecular flexibility index (Phi) is 6.56. The van der Waals surface area contributed by atoms with E-state index in [4.69, 9.17) is 20.0 Å². The molecule has 0 aliphatic heterocycles. The van der Waals surface area contributed by atoms with E-state index in [2.05, 4.69) is 0 Å². The molecule has 0 bridgehead atoms. The third-order valence-corrected chi connectivity index (χ3v) is 2.81. The molecule has 5 nitrogen and oxygen atoms in total. The average Bonchev–Trinajstić information content (AvgIpc) is 2.28. The van der Waals surface area contributed by atoms with E-state index in [0.717, 1.165) is 0 Å². The molecule has 0 spiro atoms. The summed E-state index contributed by atoms with van der Waals surface area (Å²) >= 11 is 0. The van der Waals surface area contributed by atoms with E-state index in [0.29, 0.717) is 11.3 Å². The quantitative estimate of drug-likeness (QED) is 0.700. The van der Waals surface area contributed by atoms with Crippen LogP contribution in [0.4, 0.5) is 0 Å². The van der Waals surface area contributed by atoms with Gasteiger partial charge in [-0.1, -0.05) is 6.07 Å². The molecule has 104 valence electrons. The predicted octanol–water partition coefficient (Wildman–Crippen LogP) is 0.724. The summed E-state index contributed by atoms with van der Waals surface area (Å²) in [5.74, 6) is 0.589. The Bertz CT molecular complexity index is 435. The zero-order valence-electron chi connectivity index (χ0n) is 11.7. The second-order valence-electron chi connectivity index (χ2n) is 4.95. The van der Waals surface area contributed by atoms with Gasteiger partial charge in [-0.2, -0.15) is 5.26 Å². The maximum Gasteiger partial charge on any atom is 0.432 e. The van der Waals surface area contributed by atoms with Crippen molar-refractivity contribution >= 4 is 7.69 Å².